The van der Waals surface area contributed by atoms with Crippen molar-refractivity contribution in [3.8, 4) is 0 Å². The molecule has 2 atom stereocenters. The van der Waals surface area contributed by atoms with Crippen molar-refractivity contribution in [2.75, 3.05) is 49.1 Å². The van der Waals surface area contributed by atoms with E-state index < -0.39 is 0 Å². The van der Waals surface area contributed by atoms with Crippen LogP contribution in [0.2, 0.25) is 0 Å². The largest absolute Gasteiger partial charge is 0.370 e. The molecule has 4 fully saturated rings. The Labute approximate surface area is 175 Å². The topological polar surface area (TPSA) is 38.8 Å². The van der Waals surface area contributed by atoms with Crippen LogP contribution in [-0.2, 0) is 4.79 Å². The Morgan fingerprint density at radius 1 is 1.07 bits per heavy atom. The molecule has 4 aliphatic heterocycles. The molecule has 0 unspecified atom stereocenters. The van der Waals surface area contributed by atoms with Gasteiger partial charge in [0.25, 0.3) is 0 Å². The third-order valence-corrected chi connectivity index (χ3v) is 8.15. The summed E-state index contributed by atoms with van der Waals surface area (Å²) in [5, 5.41) is 3.41. The van der Waals surface area contributed by atoms with Gasteiger partial charge in [0, 0.05) is 43.1 Å². The normalized spacial score (nSPS) is 30.1. The van der Waals surface area contributed by atoms with Crippen LogP contribution in [0.5, 0.6) is 0 Å². The summed E-state index contributed by atoms with van der Waals surface area (Å²) in [6, 6.07) is 8.21. The molecule has 158 valence electrons. The molecule has 1 N–H and O–H groups in total. The van der Waals surface area contributed by atoms with Gasteiger partial charge >= 0.3 is 0 Å². The molecule has 0 bridgehead atoms. The second-order valence-corrected chi connectivity index (χ2v) is 9.83. The van der Waals surface area contributed by atoms with E-state index in [0.717, 1.165) is 63.7 Å². The fourth-order valence-corrected chi connectivity index (χ4v) is 6.30. The predicted molar refractivity (Wildman–Crippen MR) is 119 cm³/mol. The van der Waals surface area contributed by atoms with Gasteiger partial charge in [0.05, 0.1) is 5.41 Å². The zero-order chi connectivity index (χ0) is 20.0. The Bertz CT molecular complexity index is 772. The van der Waals surface area contributed by atoms with Crippen molar-refractivity contribution in [2.24, 2.45) is 5.41 Å². The monoisotopic (exact) mass is 396 g/mol. The summed E-state index contributed by atoms with van der Waals surface area (Å²) >= 11 is 0. The van der Waals surface area contributed by atoms with Crippen LogP contribution in [0.4, 0.5) is 11.4 Å². The summed E-state index contributed by atoms with van der Waals surface area (Å²) in [4.78, 5) is 20.6. The second kappa shape index (κ2) is 7.59. The van der Waals surface area contributed by atoms with Crippen molar-refractivity contribution < 1.29 is 4.79 Å². The van der Waals surface area contributed by atoms with E-state index in [1.54, 1.807) is 0 Å². The molecule has 0 aromatic heterocycles. The standard InChI is InChI=1S/C24H36N4O/c1-18-16-20(26-14-7-21(17-26)27-13-3-4-19(27)2)5-6-22(18)28-15-10-24(23(28)29)8-11-25-12-9-24/h5-6,16,19,21,25H,3-4,7-15,17H2,1-2H3/t19-,21-/m1/s1. The number of benzene rings is 1. The summed E-state index contributed by atoms with van der Waals surface area (Å²) in [7, 11) is 0. The van der Waals surface area contributed by atoms with Crippen molar-refractivity contribution in [3.05, 3.63) is 23.8 Å². The average Bonchev–Trinajstić information content (AvgIpc) is 3.44. The number of piperidine rings is 1. The van der Waals surface area contributed by atoms with Crippen LogP contribution in [-0.4, -0.2) is 62.2 Å². The zero-order valence-electron chi connectivity index (χ0n) is 18.1. The van der Waals surface area contributed by atoms with Crippen molar-refractivity contribution >= 4 is 17.3 Å². The van der Waals surface area contributed by atoms with Gasteiger partial charge < -0.3 is 15.1 Å². The van der Waals surface area contributed by atoms with Crippen molar-refractivity contribution in [1.29, 1.82) is 0 Å². The highest BCUT2D eigenvalue weighted by atomic mass is 16.2. The van der Waals surface area contributed by atoms with Gasteiger partial charge in [-0.1, -0.05) is 0 Å². The van der Waals surface area contributed by atoms with E-state index in [-0.39, 0.29) is 5.41 Å². The molecule has 5 rings (SSSR count). The first-order valence-corrected chi connectivity index (χ1v) is 11.7. The number of nitrogens with zero attached hydrogens (tertiary/aromatic N) is 3. The molecule has 4 saturated heterocycles. The van der Waals surface area contributed by atoms with Crippen molar-refractivity contribution in [2.45, 2.75) is 64.5 Å². The van der Waals surface area contributed by atoms with Crippen LogP contribution >= 0.6 is 0 Å². The van der Waals surface area contributed by atoms with E-state index >= 15 is 0 Å². The predicted octanol–water partition coefficient (Wildman–Crippen LogP) is 3.16. The smallest absolute Gasteiger partial charge is 0.233 e. The first-order chi connectivity index (χ1) is 14.1. The van der Waals surface area contributed by atoms with Gasteiger partial charge in [-0.2, -0.15) is 0 Å². The van der Waals surface area contributed by atoms with Gasteiger partial charge in [-0.15, -0.1) is 0 Å². The first-order valence-electron chi connectivity index (χ1n) is 11.7. The van der Waals surface area contributed by atoms with Gasteiger partial charge in [0.15, 0.2) is 0 Å². The number of aryl methyl sites for hydroxylation is 1. The quantitative estimate of drug-likeness (QED) is 0.852. The number of anilines is 2. The fourth-order valence-electron chi connectivity index (χ4n) is 6.30. The summed E-state index contributed by atoms with van der Waals surface area (Å²) in [6.07, 6.45) is 6.97. The van der Waals surface area contributed by atoms with E-state index in [4.69, 9.17) is 0 Å². The number of amides is 1. The molecule has 1 aromatic carbocycles. The van der Waals surface area contributed by atoms with Gasteiger partial charge in [-0.05, 0) is 95.8 Å². The first kappa shape index (κ1) is 19.4. The van der Waals surface area contributed by atoms with Gasteiger partial charge in [-0.25, -0.2) is 0 Å². The molecule has 1 amide bonds. The van der Waals surface area contributed by atoms with Crippen LogP contribution in [0.25, 0.3) is 0 Å². The highest BCUT2D eigenvalue weighted by Gasteiger charge is 2.47. The minimum absolute atomic E-state index is 0.106. The Kier molecular flexibility index (Phi) is 5.07. The second-order valence-electron chi connectivity index (χ2n) is 9.83. The van der Waals surface area contributed by atoms with Gasteiger partial charge in [-0.3, -0.25) is 9.69 Å². The lowest BCUT2D eigenvalue weighted by atomic mass is 9.77. The number of hydrogen-bond donors (Lipinski definition) is 1. The van der Waals surface area contributed by atoms with Crippen LogP contribution < -0.4 is 15.1 Å². The summed E-state index contributed by atoms with van der Waals surface area (Å²) < 4.78 is 0. The molecular formula is C24H36N4O. The molecular weight excluding hydrogens is 360 g/mol. The minimum Gasteiger partial charge on any atom is -0.370 e. The lowest BCUT2D eigenvalue weighted by Crippen LogP contribution is -2.42. The van der Waals surface area contributed by atoms with Crippen molar-refractivity contribution in [3.63, 3.8) is 0 Å². The number of rotatable bonds is 3. The van der Waals surface area contributed by atoms with E-state index in [9.17, 15) is 4.79 Å². The summed E-state index contributed by atoms with van der Waals surface area (Å²) in [6.45, 7) is 10.9. The molecule has 0 radical (unpaired) electrons. The lowest BCUT2D eigenvalue weighted by molar-refractivity contribution is -0.126. The zero-order valence-corrected chi connectivity index (χ0v) is 18.1. The van der Waals surface area contributed by atoms with E-state index in [1.165, 1.54) is 37.1 Å². The third kappa shape index (κ3) is 3.36. The lowest BCUT2D eigenvalue weighted by Gasteiger charge is -2.32. The van der Waals surface area contributed by atoms with Crippen LogP contribution in [0.1, 0.15) is 51.0 Å². The van der Waals surface area contributed by atoms with E-state index in [1.807, 2.05) is 0 Å². The molecule has 0 aliphatic carbocycles. The Hall–Kier alpha value is -1.59. The Morgan fingerprint density at radius 3 is 2.62 bits per heavy atom. The number of nitrogens with one attached hydrogen (secondary N) is 1. The van der Waals surface area contributed by atoms with Crippen molar-refractivity contribution in [1.82, 2.24) is 10.2 Å². The van der Waals surface area contributed by atoms with E-state index in [2.05, 4.69) is 52.1 Å². The molecule has 1 spiro atoms. The van der Waals surface area contributed by atoms with Crippen LogP contribution in [0, 0.1) is 12.3 Å². The van der Waals surface area contributed by atoms with E-state index in [0.29, 0.717) is 11.9 Å². The molecule has 4 aliphatic rings. The maximum absolute atomic E-state index is 13.3. The summed E-state index contributed by atoms with van der Waals surface area (Å²) in [5.41, 5.74) is 3.58. The number of carbonyl (C=O) groups is 1. The van der Waals surface area contributed by atoms with Crippen LogP contribution in [0.15, 0.2) is 18.2 Å². The molecule has 5 heteroatoms. The number of carbonyl (C=O) groups excluding carboxylic acids is 1. The molecule has 29 heavy (non-hydrogen) atoms. The number of hydrogen-bond acceptors (Lipinski definition) is 4. The number of likely N-dealkylation sites (tertiary alicyclic amines) is 1. The molecule has 1 aromatic rings. The van der Waals surface area contributed by atoms with Crippen LogP contribution in [0.3, 0.4) is 0 Å². The highest BCUT2D eigenvalue weighted by molar-refractivity contribution is 6.00. The Morgan fingerprint density at radius 2 is 1.90 bits per heavy atom. The average molecular weight is 397 g/mol. The summed E-state index contributed by atoms with van der Waals surface area (Å²) in [5.74, 6) is 0.360. The molecule has 4 heterocycles. The highest BCUT2D eigenvalue weighted by Crippen LogP contribution is 2.43. The van der Waals surface area contributed by atoms with Gasteiger partial charge in [0.1, 0.15) is 0 Å². The Balaban J connectivity index is 1.29. The molecule has 0 saturated carbocycles. The maximum Gasteiger partial charge on any atom is 0.233 e. The maximum atomic E-state index is 13.3. The fraction of sp³-hybridized carbons (Fsp3) is 0.708. The third-order valence-electron chi connectivity index (χ3n) is 8.15. The van der Waals surface area contributed by atoms with Gasteiger partial charge in [0.2, 0.25) is 5.91 Å². The molecule has 5 nitrogen and oxygen atoms in total. The minimum atomic E-state index is -0.106. The SMILES string of the molecule is Cc1cc(N2CC[C@@H](N3CCC[C@H]3C)C2)ccc1N1CCC2(CCNCC2)C1=O.